The van der Waals surface area contributed by atoms with Crippen molar-refractivity contribution >= 4 is 41.0 Å². The van der Waals surface area contributed by atoms with E-state index in [1.807, 2.05) is 0 Å². The molecule has 2 aromatic rings. The maximum absolute atomic E-state index is 12.7. The van der Waals surface area contributed by atoms with E-state index in [4.69, 9.17) is 11.6 Å². The molecule has 39 heavy (non-hydrogen) atoms. The highest BCUT2D eigenvalue weighted by atomic mass is 35.5. The predicted octanol–water partition coefficient (Wildman–Crippen LogP) is 1.47. The van der Waals surface area contributed by atoms with Gasteiger partial charge in [-0.15, -0.1) is 0 Å². The number of nitrogens with zero attached hydrogens (tertiary/aromatic N) is 3. The number of guanidine groups is 1. The lowest BCUT2D eigenvalue weighted by molar-refractivity contribution is -0.137. The summed E-state index contributed by atoms with van der Waals surface area (Å²) in [6.45, 7) is 0.179. The number of carbonyl (C=O) groups is 3. The van der Waals surface area contributed by atoms with Crippen molar-refractivity contribution in [1.29, 1.82) is 5.26 Å². The lowest BCUT2D eigenvalue weighted by atomic mass is 9.65. The van der Waals surface area contributed by atoms with Crippen molar-refractivity contribution in [2.24, 2.45) is 4.99 Å². The maximum atomic E-state index is 12.7. The van der Waals surface area contributed by atoms with Crippen LogP contribution in [0.15, 0.2) is 41.7 Å². The highest BCUT2D eigenvalue weighted by Crippen LogP contribution is 2.44. The van der Waals surface area contributed by atoms with Crippen LogP contribution in [0.4, 0.5) is 5.69 Å². The summed E-state index contributed by atoms with van der Waals surface area (Å²) in [6, 6.07) is 7.94. The Labute approximate surface area is 229 Å². The quantitative estimate of drug-likeness (QED) is 0.267. The number of aliphatic hydroxyl groups is 1. The Hall–Kier alpha value is -4.21. The number of β-amino-alcohol motifs (C(OH)–C–C–N with tert-alkyl or cyclic N) is 1. The molecule has 204 valence electrons. The van der Waals surface area contributed by atoms with Crippen LogP contribution in [-0.2, 0) is 15.0 Å². The van der Waals surface area contributed by atoms with Gasteiger partial charge >= 0.3 is 5.97 Å². The number of aliphatic carboxylic acids is 1. The average Bonchev–Trinajstić information content (AvgIpc) is 2.87. The smallest absolute Gasteiger partial charge is 0.305 e. The zero-order valence-electron chi connectivity index (χ0n) is 20.9. The van der Waals surface area contributed by atoms with Crippen molar-refractivity contribution in [2.45, 2.75) is 43.2 Å². The second-order valence-corrected chi connectivity index (χ2v) is 9.97. The molecule has 1 aromatic carbocycles. The molecule has 0 saturated heterocycles. The minimum atomic E-state index is -1.13. The van der Waals surface area contributed by atoms with Crippen LogP contribution in [0.2, 0.25) is 5.02 Å². The number of carboxylic acid groups (broad SMARTS) is 1. The number of aliphatic hydroxyl groups excluding tert-OH is 1. The van der Waals surface area contributed by atoms with Crippen LogP contribution in [0, 0.1) is 11.3 Å². The third kappa shape index (κ3) is 7.01. The summed E-state index contributed by atoms with van der Waals surface area (Å²) in [4.78, 5) is 45.1. The maximum Gasteiger partial charge on any atom is 0.305 e. The van der Waals surface area contributed by atoms with Gasteiger partial charge in [-0.25, -0.2) is 0 Å². The Kier molecular flexibility index (Phi) is 8.63. The van der Waals surface area contributed by atoms with Gasteiger partial charge in [0.25, 0.3) is 5.91 Å². The lowest BCUT2D eigenvalue weighted by Gasteiger charge is -2.36. The number of rotatable bonds is 9. The monoisotopic (exact) mass is 553 g/mol. The molecule has 1 aliphatic heterocycles. The molecule has 1 fully saturated rings. The molecule has 1 aliphatic carbocycles. The molecule has 1 aromatic heterocycles. The van der Waals surface area contributed by atoms with Crippen LogP contribution in [0.5, 0.6) is 0 Å². The van der Waals surface area contributed by atoms with Crippen LogP contribution in [-0.4, -0.2) is 64.7 Å². The van der Waals surface area contributed by atoms with E-state index in [2.05, 4.69) is 37.3 Å². The number of pyridine rings is 1. The summed E-state index contributed by atoms with van der Waals surface area (Å²) < 4.78 is 0. The van der Waals surface area contributed by atoms with E-state index in [9.17, 15) is 29.9 Å². The predicted molar refractivity (Wildman–Crippen MR) is 142 cm³/mol. The van der Waals surface area contributed by atoms with Crippen LogP contribution in [0.1, 0.15) is 53.2 Å². The summed E-state index contributed by atoms with van der Waals surface area (Å²) in [7, 11) is 0. The van der Waals surface area contributed by atoms with Crippen LogP contribution in [0.3, 0.4) is 0 Å². The van der Waals surface area contributed by atoms with Gasteiger partial charge in [-0.1, -0.05) is 17.7 Å². The van der Waals surface area contributed by atoms with Crippen LogP contribution >= 0.6 is 11.6 Å². The lowest BCUT2D eigenvalue weighted by Crippen LogP contribution is -2.42. The van der Waals surface area contributed by atoms with Gasteiger partial charge in [0.05, 0.1) is 60.6 Å². The number of aliphatic imine (C=N–C) groups is 1. The van der Waals surface area contributed by atoms with Gasteiger partial charge in [0.1, 0.15) is 0 Å². The van der Waals surface area contributed by atoms with Gasteiger partial charge in [0, 0.05) is 17.8 Å². The number of carbonyl (C=O) groups excluding carboxylic acids is 2. The van der Waals surface area contributed by atoms with Gasteiger partial charge in [-0.05, 0) is 48.6 Å². The third-order valence-corrected chi connectivity index (χ3v) is 6.87. The summed E-state index contributed by atoms with van der Waals surface area (Å²) in [5, 5.41) is 40.0. The second kappa shape index (κ2) is 12.1. The average molecular weight is 554 g/mol. The fraction of sp³-hybridized carbons (Fsp3) is 0.385. The zero-order valence-corrected chi connectivity index (χ0v) is 21.7. The molecule has 0 bridgehead atoms. The summed E-state index contributed by atoms with van der Waals surface area (Å²) in [6.07, 6.45) is 4.14. The molecule has 13 heteroatoms. The van der Waals surface area contributed by atoms with Crippen LogP contribution < -0.4 is 21.3 Å². The standard InChI is InChI=1S/C26H28ClN7O5/c27-18-5-15(4-17(7-18)26(14-28)2-1-3-26)21(8-23(37)38)34-22(36)13-30-24(39)16-6-19(10-29-9-16)33-25-31-11-20(35)12-32-25/h4-7,9-10,20-21,35H,1-3,8,11-13H2,(H,30,39)(H,34,36)(H,37,38)(H2,31,32,33)/t21-/m0/s1. The summed E-state index contributed by atoms with van der Waals surface area (Å²) in [5.41, 5.74) is 1.17. The molecule has 0 spiro atoms. The normalized spacial score (nSPS) is 18.3. The highest BCUT2D eigenvalue weighted by molar-refractivity contribution is 6.30. The second-order valence-electron chi connectivity index (χ2n) is 9.53. The Bertz CT molecular complexity index is 1340. The van der Waals surface area contributed by atoms with Gasteiger partial charge in [-0.2, -0.15) is 5.26 Å². The summed E-state index contributed by atoms with van der Waals surface area (Å²) >= 11 is 6.30. The minimum Gasteiger partial charge on any atom is -0.481 e. The van der Waals surface area contributed by atoms with E-state index in [1.54, 1.807) is 18.2 Å². The Morgan fingerprint density at radius 1 is 1.23 bits per heavy atom. The zero-order chi connectivity index (χ0) is 28.0. The van der Waals surface area contributed by atoms with Crippen molar-refractivity contribution in [3.05, 3.63) is 58.4 Å². The minimum absolute atomic E-state index is 0.188. The van der Waals surface area contributed by atoms with Crippen molar-refractivity contribution in [2.75, 3.05) is 25.0 Å². The highest BCUT2D eigenvalue weighted by Gasteiger charge is 2.39. The Morgan fingerprint density at radius 3 is 2.67 bits per heavy atom. The molecular weight excluding hydrogens is 526 g/mol. The number of hydrogen-bond donors (Lipinski definition) is 6. The molecule has 12 nitrogen and oxygen atoms in total. The fourth-order valence-corrected chi connectivity index (χ4v) is 4.65. The molecule has 0 radical (unpaired) electrons. The number of aromatic nitrogens is 1. The first-order valence-corrected chi connectivity index (χ1v) is 12.8. The Morgan fingerprint density at radius 2 is 2.03 bits per heavy atom. The number of carboxylic acids is 1. The Balaban J connectivity index is 1.39. The van der Waals surface area contributed by atoms with Gasteiger partial charge in [0.15, 0.2) is 5.96 Å². The molecule has 2 heterocycles. The number of nitriles is 1. The molecule has 1 saturated carbocycles. The number of amides is 2. The first kappa shape index (κ1) is 27.8. The van der Waals surface area contributed by atoms with E-state index >= 15 is 0 Å². The van der Waals surface area contributed by atoms with Gasteiger partial charge < -0.3 is 31.5 Å². The first-order chi connectivity index (χ1) is 18.7. The fourth-order valence-electron chi connectivity index (χ4n) is 4.40. The molecule has 6 N–H and O–H groups in total. The molecular formula is C26H28ClN7O5. The molecule has 2 amide bonds. The number of anilines is 1. The van der Waals surface area contributed by atoms with Crippen molar-refractivity contribution in [3.8, 4) is 6.07 Å². The van der Waals surface area contributed by atoms with Gasteiger partial charge in [-0.3, -0.25) is 24.4 Å². The third-order valence-electron chi connectivity index (χ3n) is 6.65. The van der Waals surface area contributed by atoms with Gasteiger partial charge in [0.2, 0.25) is 5.91 Å². The molecule has 2 aliphatic rings. The largest absolute Gasteiger partial charge is 0.481 e. The number of halogens is 1. The molecule has 1 unspecified atom stereocenters. The van der Waals surface area contributed by atoms with E-state index < -0.39 is 48.3 Å². The molecule has 4 rings (SSSR count). The van der Waals surface area contributed by atoms with E-state index in [-0.39, 0.29) is 12.1 Å². The first-order valence-electron chi connectivity index (χ1n) is 12.4. The van der Waals surface area contributed by atoms with Crippen molar-refractivity contribution in [3.63, 3.8) is 0 Å². The topological polar surface area (TPSA) is 189 Å². The van der Waals surface area contributed by atoms with E-state index in [1.165, 1.54) is 18.5 Å². The van der Waals surface area contributed by atoms with E-state index in [0.717, 1.165) is 6.42 Å². The molecule has 2 atom stereocenters. The van der Waals surface area contributed by atoms with E-state index in [0.29, 0.717) is 47.2 Å². The van der Waals surface area contributed by atoms with Crippen molar-refractivity contribution in [1.82, 2.24) is 20.9 Å². The number of benzene rings is 1. The summed E-state index contributed by atoms with van der Waals surface area (Å²) in [5.74, 6) is -1.86. The SMILES string of the molecule is N#CC1(c2cc(Cl)cc([C@H](CC(=O)O)NC(=O)CNC(=O)c3cncc(NC4=NCC(O)CN4)c3)c2)CCC1. The number of nitrogens with one attached hydrogen (secondary N) is 4. The number of hydrogen-bond acceptors (Lipinski definition) is 9. The van der Waals surface area contributed by atoms with Crippen LogP contribution in [0.25, 0.3) is 0 Å². The van der Waals surface area contributed by atoms with Crippen molar-refractivity contribution < 1.29 is 24.6 Å².